The number of hydrogen-bond donors (Lipinski definition) is 2. The van der Waals surface area contributed by atoms with Crippen LogP contribution in [0.25, 0.3) is 0 Å². The van der Waals surface area contributed by atoms with Crippen LogP contribution in [0.3, 0.4) is 0 Å². The van der Waals surface area contributed by atoms with Crippen LogP contribution in [0, 0.1) is 0 Å². The van der Waals surface area contributed by atoms with Crippen LogP contribution < -0.4 is 5.73 Å². The topological polar surface area (TPSA) is 63.3 Å². The van der Waals surface area contributed by atoms with E-state index in [4.69, 9.17) is 5.11 Å². The van der Waals surface area contributed by atoms with Crippen molar-refractivity contribution in [3.05, 3.63) is 0 Å². The minimum absolute atomic E-state index is 0. The molecule has 0 spiro atoms. The second-order valence-corrected chi connectivity index (χ2v) is 0.598. The summed E-state index contributed by atoms with van der Waals surface area (Å²) in [6, 6.07) is 0. The first kappa shape index (κ1) is 9.41. The summed E-state index contributed by atoms with van der Waals surface area (Å²) in [6.45, 7) is -0.278. The van der Waals surface area contributed by atoms with Crippen molar-refractivity contribution in [2.75, 3.05) is 6.54 Å². The Morgan fingerprint density at radius 3 is 2.00 bits per heavy atom. The zero-order chi connectivity index (χ0) is 4.28. The number of aliphatic carboxylic acids is 1. The maximum atomic E-state index is 9.24. The van der Waals surface area contributed by atoms with E-state index in [-0.39, 0.29) is 26.0 Å². The van der Waals surface area contributed by atoms with Gasteiger partial charge in [-0.25, -0.2) is 0 Å². The van der Waals surface area contributed by atoms with Crippen LogP contribution in [0.5, 0.6) is 0 Å². The minimum atomic E-state index is -0.968. The third-order valence-corrected chi connectivity index (χ3v) is 0.175. The zero-order valence-electron chi connectivity index (χ0n) is 3.35. The third kappa shape index (κ3) is 8.96. The molecule has 0 saturated carbocycles. The molecular formula is C2H5NO2Zn. The predicted octanol–water partition coefficient (Wildman–Crippen LogP) is -0.973. The quantitative estimate of drug-likeness (QED) is 0.461. The average Bonchev–Trinajstić information content (AvgIpc) is 1.38. The molecule has 0 aliphatic rings. The molecule has 0 unspecified atom stereocenters. The van der Waals surface area contributed by atoms with Crippen molar-refractivity contribution < 1.29 is 29.4 Å². The molecule has 0 heterocycles. The SMILES string of the molecule is NCC(=O)O.[Zn]. The molecule has 32 valence electrons. The molecule has 0 amide bonds. The number of carbonyl (C=O) groups is 1. The molecule has 0 aromatic heterocycles. The van der Waals surface area contributed by atoms with Crippen LogP contribution >= 0.6 is 0 Å². The van der Waals surface area contributed by atoms with Crippen LogP contribution in [-0.2, 0) is 24.3 Å². The van der Waals surface area contributed by atoms with E-state index in [1.165, 1.54) is 0 Å². The van der Waals surface area contributed by atoms with Crippen molar-refractivity contribution in [1.82, 2.24) is 0 Å². The Labute approximate surface area is 48.3 Å². The van der Waals surface area contributed by atoms with E-state index in [9.17, 15) is 4.79 Å². The molecular weight excluding hydrogens is 135 g/mol. The molecule has 0 atom stereocenters. The van der Waals surface area contributed by atoms with Crippen LogP contribution in [0.15, 0.2) is 0 Å². The van der Waals surface area contributed by atoms with Crippen molar-refractivity contribution in [3.8, 4) is 0 Å². The molecule has 0 aromatic rings. The molecule has 0 aromatic carbocycles. The Morgan fingerprint density at radius 1 is 1.83 bits per heavy atom. The predicted molar refractivity (Wildman–Crippen MR) is 16.7 cm³/mol. The summed E-state index contributed by atoms with van der Waals surface area (Å²) in [5.74, 6) is -0.968. The second kappa shape index (κ2) is 5.05. The fourth-order valence-electron chi connectivity index (χ4n) is 0. The summed E-state index contributed by atoms with van der Waals surface area (Å²) in [5.41, 5.74) is 4.57. The molecule has 4 heteroatoms. The second-order valence-electron chi connectivity index (χ2n) is 0.598. The molecule has 0 fully saturated rings. The minimum Gasteiger partial charge on any atom is -0.480 e. The number of rotatable bonds is 1. The van der Waals surface area contributed by atoms with Gasteiger partial charge in [0.05, 0.1) is 6.54 Å². The summed E-state index contributed by atoms with van der Waals surface area (Å²) in [7, 11) is 0. The molecule has 0 saturated heterocycles. The van der Waals surface area contributed by atoms with E-state index in [0.717, 1.165) is 0 Å². The van der Waals surface area contributed by atoms with Gasteiger partial charge in [0.2, 0.25) is 0 Å². The van der Waals surface area contributed by atoms with Gasteiger partial charge >= 0.3 is 5.97 Å². The first-order chi connectivity index (χ1) is 2.27. The van der Waals surface area contributed by atoms with Gasteiger partial charge in [-0.15, -0.1) is 0 Å². The van der Waals surface area contributed by atoms with Gasteiger partial charge in [-0.05, 0) is 0 Å². The number of carboxylic acids is 1. The fraction of sp³-hybridized carbons (Fsp3) is 0.500. The number of nitrogens with two attached hydrogens (primary N) is 1. The van der Waals surface area contributed by atoms with E-state index in [0.29, 0.717) is 0 Å². The van der Waals surface area contributed by atoms with E-state index in [1.54, 1.807) is 0 Å². The Kier molecular flexibility index (Phi) is 7.92. The fourth-order valence-corrected chi connectivity index (χ4v) is 0. The van der Waals surface area contributed by atoms with Crippen molar-refractivity contribution in [2.24, 2.45) is 5.73 Å². The van der Waals surface area contributed by atoms with Crippen LogP contribution in [0.4, 0.5) is 0 Å². The Morgan fingerprint density at radius 2 is 2.00 bits per heavy atom. The summed E-state index contributed by atoms with van der Waals surface area (Å²) in [4.78, 5) is 9.24. The van der Waals surface area contributed by atoms with Crippen LogP contribution in [0.2, 0.25) is 0 Å². The van der Waals surface area contributed by atoms with Crippen LogP contribution in [-0.4, -0.2) is 17.6 Å². The standard InChI is InChI=1S/C2H5NO2.Zn/c3-1-2(4)5;/h1,3H2,(H,4,5);. The van der Waals surface area contributed by atoms with Crippen LogP contribution in [0.1, 0.15) is 0 Å². The van der Waals surface area contributed by atoms with Gasteiger partial charge in [0.1, 0.15) is 0 Å². The summed E-state index contributed by atoms with van der Waals surface area (Å²) >= 11 is 0. The van der Waals surface area contributed by atoms with E-state index < -0.39 is 5.97 Å². The Hall–Kier alpha value is 0.0534. The maximum absolute atomic E-state index is 9.24. The molecule has 0 radical (unpaired) electrons. The third-order valence-electron chi connectivity index (χ3n) is 0.175. The van der Waals surface area contributed by atoms with Gasteiger partial charge in [0.15, 0.2) is 0 Å². The molecule has 3 N–H and O–H groups in total. The van der Waals surface area contributed by atoms with Gasteiger partial charge in [-0.3, -0.25) is 4.79 Å². The summed E-state index contributed by atoms with van der Waals surface area (Å²) < 4.78 is 0. The van der Waals surface area contributed by atoms with Crippen molar-refractivity contribution in [2.45, 2.75) is 0 Å². The monoisotopic (exact) mass is 139 g/mol. The van der Waals surface area contributed by atoms with E-state index >= 15 is 0 Å². The largest absolute Gasteiger partial charge is 0.480 e. The Balaban J connectivity index is 0. The van der Waals surface area contributed by atoms with Gasteiger partial charge in [-0.2, -0.15) is 0 Å². The Bertz CT molecular complexity index is 46.8. The molecule has 0 aliphatic heterocycles. The molecule has 0 bridgehead atoms. The maximum Gasteiger partial charge on any atom is 0.317 e. The number of carboxylic acid groups (broad SMARTS) is 1. The number of hydrogen-bond acceptors (Lipinski definition) is 2. The molecule has 0 rings (SSSR count). The van der Waals surface area contributed by atoms with Crippen molar-refractivity contribution >= 4 is 5.97 Å². The van der Waals surface area contributed by atoms with Gasteiger partial charge in [-0.1, -0.05) is 0 Å². The smallest absolute Gasteiger partial charge is 0.317 e. The summed E-state index contributed by atoms with van der Waals surface area (Å²) in [6.07, 6.45) is 0. The first-order valence-electron chi connectivity index (χ1n) is 1.19. The molecule has 0 aliphatic carbocycles. The molecule has 6 heavy (non-hydrogen) atoms. The van der Waals surface area contributed by atoms with Gasteiger partial charge in [0.25, 0.3) is 0 Å². The average molecular weight is 140 g/mol. The first-order valence-corrected chi connectivity index (χ1v) is 1.19. The van der Waals surface area contributed by atoms with Gasteiger partial charge < -0.3 is 10.8 Å². The van der Waals surface area contributed by atoms with E-state index in [1.807, 2.05) is 0 Å². The van der Waals surface area contributed by atoms with Gasteiger partial charge in [0, 0.05) is 19.5 Å². The molecule has 3 nitrogen and oxygen atoms in total. The summed E-state index contributed by atoms with van der Waals surface area (Å²) in [5, 5.41) is 7.60. The van der Waals surface area contributed by atoms with E-state index in [2.05, 4.69) is 5.73 Å². The zero-order valence-corrected chi connectivity index (χ0v) is 6.31. The van der Waals surface area contributed by atoms with Crippen molar-refractivity contribution in [1.29, 1.82) is 0 Å². The van der Waals surface area contributed by atoms with Crippen molar-refractivity contribution in [3.63, 3.8) is 0 Å². The normalized spacial score (nSPS) is 6.17.